The summed E-state index contributed by atoms with van der Waals surface area (Å²) < 4.78 is 16.3. The fraction of sp³-hybridized carbons (Fsp3) is 0.167. The molecule has 0 radical (unpaired) electrons. The highest BCUT2D eigenvalue weighted by Crippen LogP contribution is 2.18. The molecule has 0 saturated carbocycles. The van der Waals surface area contributed by atoms with Gasteiger partial charge in [-0.2, -0.15) is 0 Å². The second kappa shape index (κ2) is 7.57. The standard InChI is InChI=1S/C18H16BrFN4O/c1-2-9-23(11-13-10-14(19)7-8-15(13)20)18(25)12-24-17-6-4-3-5-16(17)21-22-24/h2-8,10H,1,9,11-12H2. The summed E-state index contributed by atoms with van der Waals surface area (Å²) in [4.78, 5) is 14.2. The number of hydrogen-bond acceptors (Lipinski definition) is 3. The Bertz CT molecular complexity index is 924. The van der Waals surface area contributed by atoms with Gasteiger partial charge >= 0.3 is 0 Å². The van der Waals surface area contributed by atoms with Crippen LogP contribution in [-0.2, 0) is 17.9 Å². The van der Waals surface area contributed by atoms with Crippen LogP contribution in [0.15, 0.2) is 59.6 Å². The number of carbonyl (C=O) groups excluding carboxylic acids is 1. The van der Waals surface area contributed by atoms with Crippen LogP contribution in [0.2, 0.25) is 0 Å². The van der Waals surface area contributed by atoms with E-state index in [1.54, 1.807) is 22.9 Å². The minimum absolute atomic E-state index is 0.0317. The van der Waals surface area contributed by atoms with Crippen molar-refractivity contribution in [2.24, 2.45) is 0 Å². The Morgan fingerprint density at radius 2 is 2.12 bits per heavy atom. The molecule has 1 heterocycles. The second-order valence-corrected chi connectivity index (χ2v) is 6.45. The molecule has 0 unspecified atom stereocenters. The van der Waals surface area contributed by atoms with E-state index in [-0.39, 0.29) is 24.8 Å². The zero-order chi connectivity index (χ0) is 17.8. The van der Waals surface area contributed by atoms with Gasteiger partial charge in [-0.3, -0.25) is 4.79 Å². The fourth-order valence-corrected chi connectivity index (χ4v) is 2.95. The van der Waals surface area contributed by atoms with Gasteiger partial charge in [0.25, 0.3) is 0 Å². The Balaban J connectivity index is 1.81. The first kappa shape index (κ1) is 17.3. The summed E-state index contributed by atoms with van der Waals surface area (Å²) in [5, 5.41) is 8.07. The molecule has 3 rings (SSSR count). The van der Waals surface area contributed by atoms with Gasteiger partial charge in [0.15, 0.2) is 0 Å². The van der Waals surface area contributed by atoms with E-state index in [1.165, 1.54) is 11.0 Å². The number of rotatable bonds is 6. The first-order valence-corrected chi connectivity index (χ1v) is 8.48. The van der Waals surface area contributed by atoms with Crippen LogP contribution in [0.4, 0.5) is 4.39 Å². The normalized spacial score (nSPS) is 10.8. The summed E-state index contributed by atoms with van der Waals surface area (Å²) >= 11 is 3.33. The smallest absolute Gasteiger partial charge is 0.244 e. The molecule has 0 spiro atoms. The summed E-state index contributed by atoms with van der Waals surface area (Å²) in [5.74, 6) is -0.536. The van der Waals surface area contributed by atoms with Crippen molar-refractivity contribution in [2.45, 2.75) is 13.1 Å². The number of nitrogens with zero attached hydrogens (tertiary/aromatic N) is 4. The average Bonchev–Trinajstić information content (AvgIpc) is 3.01. The molecule has 0 aliphatic carbocycles. The van der Waals surface area contributed by atoms with Crippen molar-refractivity contribution in [1.29, 1.82) is 0 Å². The van der Waals surface area contributed by atoms with E-state index >= 15 is 0 Å². The van der Waals surface area contributed by atoms with Gasteiger partial charge in [-0.05, 0) is 30.3 Å². The number of aromatic nitrogens is 3. The van der Waals surface area contributed by atoms with Gasteiger partial charge in [-0.15, -0.1) is 11.7 Å². The summed E-state index contributed by atoms with van der Waals surface area (Å²) in [6.07, 6.45) is 1.62. The summed E-state index contributed by atoms with van der Waals surface area (Å²) in [6, 6.07) is 12.1. The summed E-state index contributed by atoms with van der Waals surface area (Å²) in [5.41, 5.74) is 1.94. The maximum atomic E-state index is 14.0. The van der Waals surface area contributed by atoms with Gasteiger partial charge in [-0.1, -0.05) is 39.4 Å². The molecule has 0 bridgehead atoms. The SMILES string of the molecule is C=CCN(Cc1cc(Br)ccc1F)C(=O)Cn1nnc2ccccc21. The van der Waals surface area contributed by atoms with Crippen LogP contribution in [0.1, 0.15) is 5.56 Å². The minimum atomic E-state index is -0.351. The Morgan fingerprint density at radius 1 is 1.32 bits per heavy atom. The number of halogens is 2. The third kappa shape index (κ3) is 3.93. The molecule has 0 saturated heterocycles. The number of para-hydroxylation sites is 1. The maximum absolute atomic E-state index is 14.0. The van der Waals surface area contributed by atoms with Gasteiger partial charge < -0.3 is 4.90 Å². The van der Waals surface area contributed by atoms with Crippen LogP contribution in [-0.4, -0.2) is 32.3 Å². The second-order valence-electron chi connectivity index (χ2n) is 5.53. The largest absolute Gasteiger partial charge is 0.333 e. The molecule has 25 heavy (non-hydrogen) atoms. The third-order valence-electron chi connectivity index (χ3n) is 3.78. The zero-order valence-corrected chi connectivity index (χ0v) is 15.0. The maximum Gasteiger partial charge on any atom is 0.244 e. The molecule has 1 aromatic heterocycles. The van der Waals surface area contributed by atoms with Gasteiger partial charge in [0.2, 0.25) is 5.91 Å². The predicted molar refractivity (Wildman–Crippen MR) is 97.2 cm³/mol. The van der Waals surface area contributed by atoms with Crippen molar-refractivity contribution >= 4 is 32.9 Å². The lowest BCUT2D eigenvalue weighted by Gasteiger charge is -2.21. The van der Waals surface area contributed by atoms with Crippen LogP contribution in [0.3, 0.4) is 0 Å². The molecular formula is C18H16BrFN4O. The highest BCUT2D eigenvalue weighted by Gasteiger charge is 2.17. The lowest BCUT2D eigenvalue weighted by molar-refractivity contribution is -0.132. The van der Waals surface area contributed by atoms with Crippen molar-refractivity contribution in [2.75, 3.05) is 6.54 Å². The topological polar surface area (TPSA) is 51.0 Å². The van der Waals surface area contributed by atoms with E-state index < -0.39 is 0 Å². The van der Waals surface area contributed by atoms with Crippen molar-refractivity contribution in [3.05, 3.63) is 71.0 Å². The highest BCUT2D eigenvalue weighted by atomic mass is 79.9. The lowest BCUT2D eigenvalue weighted by Crippen LogP contribution is -2.34. The first-order valence-electron chi connectivity index (χ1n) is 7.69. The van der Waals surface area contributed by atoms with Crippen LogP contribution in [0, 0.1) is 5.82 Å². The van der Waals surface area contributed by atoms with E-state index in [9.17, 15) is 9.18 Å². The van der Waals surface area contributed by atoms with Crippen molar-refractivity contribution in [1.82, 2.24) is 19.9 Å². The van der Waals surface area contributed by atoms with E-state index in [4.69, 9.17) is 0 Å². The molecular weight excluding hydrogens is 387 g/mol. The molecule has 0 aliphatic heterocycles. The summed E-state index contributed by atoms with van der Waals surface area (Å²) in [6.45, 7) is 4.18. The predicted octanol–water partition coefficient (Wildman–Crippen LogP) is 3.55. The van der Waals surface area contributed by atoms with Gasteiger partial charge in [0, 0.05) is 23.1 Å². The van der Waals surface area contributed by atoms with Crippen LogP contribution in [0.5, 0.6) is 0 Å². The van der Waals surface area contributed by atoms with Gasteiger partial charge in [0.05, 0.1) is 5.52 Å². The van der Waals surface area contributed by atoms with E-state index in [0.717, 1.165) is 15.5 Å². The number of fused-ring (bicyclic) bond motifs is 1. The monoisotopic (exact) mass is 402 g/mol. The third-order valence-corrected chi connectivity index (χ3v) is 4.27. The first-order chi connectivity index (χ1) is 12.1. The van der Waals surface area contributed by atoms with Crippen LogP contribution >= 0.6 is 15.9 Å². The summed E-state index contributed by atoms with van der Waals surface area (Å²) in [7, 11) is 0. The van der Waals surface area contributed by atoms with Gasteiger partial charge in [-0.25, -0.2) is 9.07 Å². The Kier molecular flexibility index (Phi) is 5.23. The van der Waals surface area contributed by atoms with E-state index in [2.05, 4.69) is 32.8 Å². The molecule has 0 fully saturated rings. The molecule has 7 heteroatoms. The molecule has 5 nitrogen and oxygen atoms in total. The quantitative estimate of drug-likeness (QED) is 0.592. The molecule has 128 valence electrons. The Morgan fingerprint density at radius 3 is 2.92 bits per heavy atom. The molecule has 0 aliphatic rings. The lowest BCUT2D eigenvalue weighted by atomic mass is 10.2. The number of amides is 1. The minimum Gasteiger partial charge on any atom is -0.333 e. The zero-order valence-electron chi connectivity index (χ0n) is 13.4. The molecule has 1 amide bonds. The number of hydrogen-bond donors (Lipinski definition) is 0. The average molecular weight is 403 g/mol. The van der Waals surface area contributed by atoms with Crippen molar-refractivity contribution in [3.8, 4) is 0 Å². The molecule has 0 atom stereocenters. The van der Waals surface area contributed by atoms with Crippen molar-refractivity contribution < 1.29 is 9.18 Å². The fourth-order valence-electron chi connectivity index (χ4n) is 2.54. The van der Waals surface area contributed by atoms with Crippen LogP contribution in [0.25, 0.3) is 11.0 Å². The molecule has 3 aromatic rings. The number of benzene rings is 2. The van der Waals surface area contributed by atoms with Crippen LogP contribution < -0.4 is 0 Å². The Labute approximate surface area is 152 Å². The van der Waals surface area contributed by atoms with Gasteiger partial charge in [0.1, 0.15) is 17.9 Å². The Hall–Kier alpha value is -2.54. The number of carbonyl (C=O) groups is 1. The highest BCUT2D eigenvalue weighted by molar-refractivity contribution is 9.10. The molecule has 2 aromatic carbocycles. The van der Waals surface area contributed by atoms with Crippen molar-refractivity contribution in [3.63, 3.8) is 0 Å². The van der Waals surface area contributed by atoms with E-state index in [0.29, 0.717) is 12.1 Å². The van der Waals surface area contributed by atoms with E-state index in [1.807, 2.05) is 24.3 Å². The molecule has 0 N–H and O–H groups in total.